The van der Waals surface area contributed by atoms with Crippen LogP contribution in [0.25, 0.3) is 0 Å². The topological polar surface area (TPSA) is 107 Å². The van der Waals surface area contributed by atoms with Crippen LogP contribution >= 0.6 is 11.3 Å². The van der Waals surface area contributed by atoms with Crippen molar-refractivity contribution < 1.29 is 29.3 Å². The molecule has 0 bridgehead atoms. The zero-order valence-corrected chi connectivity index (χ0v) is 18.7. The summed E-state index contributed by atoms with van der Waals surface area (Å²) in [5.41, 5.74) is 0.805. The number of carboxylic acid groups (broad SMARTS) is 1. The van der Waals surface area contributed by atoms with Gasteiger partial charge in [0.2, 0.25) is 6.35 Å². The number of benzene rings is 1. The van der Waals surface area contributed by atoms with Crippen LogP contribution in [0.3, 0.4) is 0 Å². The number of aromatic carboxylic acids is 1. The summed E-state index contributed by atoms with van der Waals surface area (Å²) in [5.74, 6) is -2.39. The first kappa shape index (κ1) is 22.8. The fourth-order valence-corrected chi connectivity index (χ4v) is 4.64. The molecular weight excluding hydrogens is 420 g/mol. The molecule has 0 aliphatic carbocycles. The Labute approximate surface area is 184 Å². The van der Waals surface area contributed by atoms with E-state index in [2.05, 4.69) is 0 Å². The molecule has 0 saturated carbocycles. The van der Waals surface area contributed by atoms with Gasteiger partial charge in [0.1, 0.15) is 22.0 Å². The van der Waals surface area contributed by atoms with Crippen molar-refractivity contribution in [2.75, 3.05) is 18.0 Å². The summed E-state index contributed by atoms with van der Waals surface area (Å²) in [6.45, 7) is 6.59. The highest BCUT2D eigenvalue weighted by molar-refractivity contribution is 7.18. The number of aliphatic hydroxyl groups is 1. The number of carbonyl (C=O) groups is 3. The number of hydrogen-bond donors (Lipinski definition) is 2. The lowest BCUT2D eigenvalue weighted by Crippen LogP contribution is -2.57. The number of ether oxygens (including phenoxy) is 1. The largest absolute Gasteiger partial charge is 0.477 e. The average molecular weight is 447 g/mol. The Morgan fingerprint density at radius 2 is 1.81 bits per heavy atom. The number of aliphatic hydroxyl groups excluding tert-OH is 1. The van der Waals surface area contributed by atoms with E-state index in [4.69, 9.17) is 4.74 Å². The second kappa shape index (κ2) is 8.68. The van der Waals surface area contributed by atoms with Crippen molar-refractivity contribution in [3.63, 3.8) is 0 Å². The zero-order valence-electron chi connectivity index (χ0n) is 17.9. The smallest absolute Gasteiger partial charge is 0.346 e. The van der Waals surface area contributed by atoms with Gasteiger partial charge in [-0.15, -0.1) is 11.3 Å². The van der Waals surface area contributed by atoms with Crippen molar-refractivity contribution >= 4 is 34.2 Å². The first-order chi connectivity index (χ1) is 14.5. The van der Waals surface area contributed by atoms with Gasteiger partial charge in [-0.3, -0.25) is 14.5 Å². The van der Waals surface area contributed by atoms with Gasteiger partial charge in [0.15, 0.2) is 0 Å². The first-order valence-corrected chi connectivity index (χ1v) is 10.7. The maximum atomic E-state index is 13.2. The van der Waals surface area contributed by atoms with E-state index in [-0.39, 0.29) is 10.4 Å². The Bertz CT molecular complexity index is 995. The number of anilines is 1. The van der Waals surface area contributed by atoms with Crippen LogP contribution in [0, 0.1) is 6.92 Å². The number of rotatable bonds is 6. The van der Waals surface area contributed by atoms with Crippen molar-refractivity contribution in [1.29, 1.82) is 0 Å². The fourth-order valence-electron chi connectivity index (χ4n) is 3.46. The van der Waals surface area contributed by atoms with Crippen LogP contribution < -0.4 is 4.90 Å². The molecule has 3 rings (SSSR count). The molecule has 0 radical (unpaired) electrons. The average Bonchev–Trinajstić information content (AvgIpc) is 3.02. The summed E-state index contributed by atoms with van der Waals surface area (Å²) in [5, 5.41) is 20.9. The van der Waals surface area contributed by atoms with E-state index < -0.39 is 36.3 Å². The normalized spacial score (nSPS) is 16.3. The number of hydrogen-bond acceptors (Lipinski definition) is 7. The minimum absolute atomic E-state index is 0.0365. The van der Waals surface area contributed by atoms with Crippen molar-refractivity contribution in [3.8, 4) is 0 Å². The second-order valence-electron chi connectivity index (χ2n) is 8.34. The van der Waals surface area contributed by atoms with Gasteiger partial charge >= 0.3 is 11.9 Å². The van der Waals surface area contributed by atoms with Gasteiger partial charge in [-0.05, 0) is 45.2 Å². The van der Waals surface area contributed by atoms with E-state index >= 15 is 0 Å². The van der Waals surface area contributed by atoms with Crippen LogP contribution in [-0.2, 0) is 16.0 Å². The molecule has 9 heteroatoms. The predicted octanol–water partition coefficient (Wildman–Crippen LogP) is 2.88. The van der Waals surface area contributed by atoms with Crippen molar-refractivity contribution in [1.82, 2.24) is 4.90 Å². The zero-order chi connectivity index (χ0) is 22.9. The molecule has 0 saturated heterocycles. The number of nitrogens with zero attached hydrogens (tertiary/aromatic N) is 2. The number of fused-ring (bicyclic) bond motifs is 1. The third-order valence-electron chi connectivity index (χ3n) is 4.82. The highest BCUT2D eigenvalue weighted by Crippen LogP contribution is 2.41. The lowest BCUT2D eigenvalue weighted by atomic mass is 10.1. The maximum absolute atomic E-state index is 13.2. The highest BCUT2D eigenvalue weighted by Gasteiger charge is 2.42. The summed E-state index contributed by atoms with van der Waals surface area (Å²) < 4.78 is 5.31. The molecule has 2 heterocycles. The Morgan fingerprint density at radius 1 is 1.16 bits per heavy atom. The predicted molar refractivity (Wildman–Crippen MR) is 116 cm³/mol. The summed E-state index contributed by atoms with van der Waals surface area (Å²) in [7, 11) is 0. The van der Waals surface area contributed by atoms with Crippen molar-refractivity contribution in [2.45, 2.75) is 46.1 Å². The minimum Gasteiger partial charge on any atom is -0.477 e. The molecule has 0 spiro atoms. The Kier molecular flexibility index (Phi) is 6.38. The molecule has 8 nitrogen and oxygen atoms in total. The van der Waals surface area contributed by atoms with Crippen LogP contribution in [0.4, 0.5) is 5.00 Å². The molecule has 1 aliphatic rings. The fraction of sp³-hybridized carbons (Fsp3) is 0.409. The van der Waals surface area contributed by atoms with Gasteiger partial charge in [0, 0.05) is 6.54 Å². The molecule has 31 heavy (non-hydrogen) atoms. The monoisotopic (exact) mass is 446 g/mol. The molecule has 1 aliphatic heterocycles. The Hall–Kier alpha value is -2.91. The van der Waals surface area contributed by atoms with Gasteiger partial charge in [-0.25, -0.2) is 4.79 Å². The van der Waals surface area contributed by atoms with Gasteiger partial charge in [-0.1, -0.05) is 30.3 Å². The Balaban J connectivity index is 1.95. The van der Waals surface area contributed by atoms with Crippen LogP contribution in [0.5, 0.6) is 0 Å². The van der Waals surface area contributed by atoms with Crippen molar-refractivity contribution in [2.24, 2.45) is 0 Å². The molecule has 0 fully saturated rings. The molecule has 1 aromatic carbocycles. The van der Waals surface area contributed by atoms with E-state index in [1.165, 1.54) is 0 Å². The summed E-state index contributed by atoms with van der Waals surface area (Å²) in [4.78, 5) is 39.8. The number of carbonyl (C=O) groups excluding carboxylic acids is 2. The molecule has 2 N–H and O–H groups in total. The molecule has 1 amide bonds. The summed E-state index contributed by atoms with van der Waals surface area (Å²) in [6, 6.07) is 9.61. The van der Waals surface area contributed by atoms with Gasteiger partial charge in [0.05, 0.1) is 5.56 Å². The number of carboxylic acids is 1. The maximum Gasteiger partial charge on any atom is 0.346 e. The third kappa shape index (κ3) is 4.88. The Morgan fingerprint density at radius 3 is 2.39 bits per heavy atom. The molecule has 1 atom stereocenters. The van der Waals surface area contributed by atoms with E-state index in [1.807, 2.05) is 30.3 Å². The van der Waals surface area contributed by atoms with E-state index in [0.717, 1.165) is 21.8 Å². The minimum atomic E-state index is -1.42. The van der Waals surface area contributed by atoms with Crippen LogP contribution in [0.15, 0.2) is 30.3 Å². The van der Waals surface area contributed by atoms with Gasteiger partial charge in [-0.2, -0.15) is 0 Å². The van der Waals surface area contributed by atoms with Crippen LogP contribution in [-0.4, -0.2) is 58.0 Å². The van der Waals surface area contributed by atoms with Gasteiger partial charge < -0.3 is 19.8 Å². The highest BCUT2D eigenvalue weighted by atomic mass is 32.1. The van der Waals surface area contributed by atoms with Gasteiger partial charge in [0.25, 0.3) is 5.91 Å². The quantitative estimate of drug-likeness (QED) is 0.657. The van der Waals surface area contributed by atoms with Crippen LogP contribution in [0.1, 0.15) is 51.9 Å². The lowest BCUT2D eigenvalue weighted by molar-refractivity contribution is -0.157. The second-order valence-corrected chi connectivity index (χ2v) is 9.34. The standard InChI is InChI=1S/C22H26N2O6S/c1-13-16-18(26)24(12-15(25)30-22(2,3)4)21(29)23(19(16)31-17(13)20(27)28)11-10-14-8-6-5-7-9-14/h5-9,21,29H,10-12H2,1-4H3,(H,27,28). The third-order valence-corrected chi connectivity index (χ3v) is 6.14. The number of amides is 1. The molecule has 166 valence electrons. The number of thiophene rings is 1. The van der Waals surface area contributed by atoms with Crippen LogP contribution in [0.2, 0.25) is 0 Å². The SMILES string of the molecule is Cc1c(C(=O)O)sc2c1C(=O)N(CC(=O)OC(C)(C)C)C(O)N2CCc1ccccc1. The summed E-state index contributed by atoms with van der Waals surface area (Å²) in [6.07, 6.45) is -0.860. The summed E-state index contributed by atoms with van der Waals surface area (Å²) >= 11 is 0.954. The van der Waals surface area contributed by atoms with E-state index in [1.54, 1.807) is 32.6 Å². The molecule has 1 aromatic heterocycles. The van der Waals surface area contributed by atoms with Crippen molar-refractivity contribution in [3.05, 3.63) is 51.9 Å². The molecule has 2 aromatic rings. The number of esters is 1. The lowest BCUT2D eigenvalue weighted by Gasteiger charge is -2.41. The molecular formula is C22H26N2O6S. The van der Waals surface area contributed by atoms with E-state index in [0.29, 0.717) is 23.5 Å². The first-order valence-electron chi connectivity index (χ1n) is 9.87. The van der Waals surface area contributed by atoms with E-state index in [9.17, 15) is 24.6 Å². The molecule has 1 unspecified atom stereocenters.